The summed E-state index contributed by atoms with van der Waals surface area (Å²) >= 11 is 17.8. The number of aryl methyl sites for hydroxylation is 1. The van der Waals surface area contributed by atoms with Gasteiger partial charge >= 0.3 is 0 Å². The summed E-state index contributed by atoms with van der Waals surface area (Å²) in [5.41, 5.74) is 2.05. The number of nitrogens with one attached hydrogen (secondary N) is 2. The van der Waals surface area contributed by atoms with Crippen molar-refractivity contribution in [2.45, 2.75) is 26.2 Å². The van der Waals surface area contributed by atoms with Gasteiger partial charge < -0.3 is 10.6 Å². The lowest BCUT2D eigenvalue weighted by atomic mass is 10.0. The average Bonchev–Trinajstić information content (AvgIpc) is 2.53. The van der Waals surface area contributed by atoms with Gasteiger partial charge in [0.1, 0.15) is 5.82 Å². The number of aromatic nitrogens is 1. The minimum absolute atomic E-state index is 0.130. The predicted molar refractivity (Wildman–Crippen MR) is 103 cm³/mol. The third-order valence-corrected chi connectivity index (χ3v) is 4.47. The van der Waals surface area contributed by atoms with Crippen LogP contribution in [0, 0.1) is 0 Å². The fourth-order valence-electron chi connectivity index (χ4n) is 2.32. The Morgan fingerprint density at radius 2 is 1.91 bits per heavy atom. The van der Waals surface area contributed by atoms with Crippen molar-refractivity contribution >= 4 is 46.4 Å². The summed E-state index contributed by atoms with van der Waals surface area (Å²) in [6.45, 7) is 4.77. The molecule has 1 heterocycles. The number of hydrogen-bond acceptors (Lipinski definition) is 2. The maximum absolute atomic E-state index is 6.24. The van der Waals surface area contributed by atoms with Crippen LogP contribution in [0.25, 0.3) is 0 Å². The summed E-state index contributed by atoms with van der Waals surface area (Å²) in [5.74, 6) is 0.918. The molecule has 0 saturated heterocycles. The van der Waals surface area contributed by atoms with Crippen molar-refractivity contribution in [2.24, 2.45) is 0 Å². The first-order chi connectivity index (χ1) is 11.0. The fourth-order valence-corrected chi connectivity index (χ4v) is 3.27. The highest BCUT2D eigenvalue weighted by Gasteiger charge is 2.14. The molecule has 1 aromatic heterocycles. The summed E-state index contributed by atoms with van der Waals surface area (Å²) in [6.07, 6.45) is 2.64. The van der Waals surface area contributed by atoms with E-state index in [4.69, 9.17) is 35.4 Å². The molecule has 2 N–H and O–H groups in total. The third kappa shape index (κ3) is 4.80. The molecule has 23 heavy (non-hydrogen) atoms. The summed E-state index contributed by atoms with van der Waals surface area (Å²) < 4.78 is 0. The molecule has 1 aromatic carbocycles. The largest absolute Gasteiger partial charge is 0.362 e. The lowest BCUT2D eigenvalue weighted by molar-refractivity contribution is 0.724. The Morgan fingerprint density at radius 1 is 1.22 bits per heavy atom. The smallest absolute Gasteiger partial charge is 0.171 e. The van der Waals surface area contributed by atoms with E-state index in [2.05, 4.69) is 29.5 Å². The second-order valence-corrected chi connectivity index (χ2v) is 6.46. The summed E-state index contributed by atoms with van der Waals surface area (Å²) in [5, 5.41) is 8.21. The fraction of sp³-hybridized carbons (Fsp3) is 0.294. The molecule has 3 nitrogen and oxygen atoms in total. The normalized spacial score (nSPS) is 11.8. The summed E-state index contributed by atoms with van der Waals surface area (Å²) in [6, 6.07) is 9.48. The van der Waals surface area contributed by atoms with Crippen molar-refractivity contribution < 1.29 is 0 Å². The zero-order chi connectivity index (χ0) is 16.8. The van der Waals surface area contributed by atoms with E-state index < -0.39 is 0 Å². The van der Waals surface area contributed by atoms with Crippen LogP contribution in [0.4, 0.5) is 5.82 Å². The van der Waals surface area contributed by atoms with Crippen LogP contribution in [-0.4, -0.2) is 16.6 Å². The first-order valence-corrected chi connectivity index (χ1v) is 8.62. The van der Waals surface area contributed by atoms with Gasteiger partial charge in [-0.05, 0) is 48.0 Å². The highest BCUT2D eigenvalue weighted by Crippen LogP contribution is 2.30. The molecule has 0 fully saturated rings. The van der Waals surface area contributed by atoms with Crippen molar-refractivity contribution in [3.8, 4) is 0 Å². The van der Waals surface area contributed by atoms with E-state index >= 15 is 0 Å². The van der Waals surface area contributed by atoms with Gasteiger partial charge in [-0.2, -0.15) is 0 Å². The van der Waals surface area contributed by atoms with E-state index in [1.54, 1.807) is 6.20 Å². The number of rotatable bonds is 5. The van der Waals surface area contributed by atoms with Gasteiger partial charge in [0.25, 0.3) is 0 Å². The van der Waals surface area contributed by atoms with E-state index in [9.17, 15) is 0 Å². The first-order valence-electron chi connectivity index (χ1n) is 7.45. The van der Waals surface area contributed by atoms with Crippen LogP contribution in [-0.2, 0) is 6.42 Å². The van der Waals surface area contributed by atoms with Gasteiger partial charge in [-0.3, -0.25) is 0 Å². The molecule has 0 aliphatic heterocycles. The van der Waals surface area contributed by atoms with Crippen LogP contribution < -0.4 is 10.6 Å². The molecule has 0 saturated carbocycles. The second kappa shape index (κ2) is 8.48. The Hall–Kier alpha value is -1.36. The number of hydrogen-bond donors (Lipinski definition) is 2. The van der Waals surface area contributed by atoms with Crippen molar-refractivity contribution in [1.29, 1.82) is 0 Å². The van der Waals surface area contributed by atoms with Gasteiger partial charge in [0, 0.05) is 28.7 Å². The molecule has 2 rings (SSSR count). The quantitative estimate of drug-likeness (QED) is 0.725. The zero-order valence-electron chi connectivity index (χ0n) is 13.1. The van der Waals surface area contributed by atoms with Crippen LogP contribution in [0.1, 0.15) is 30.9 Å². The van der Waals surface area contributed by atoms with Crippen molar-refractivity contribution in [1.82, 2.24) is 10.3 Å². The number of benzene rings is 1. The van der Waals surface area contributed by atoms with Gasteiger partial charge in [0.05, 0.1) is 0 Å². The standard InChI is InChI=1S/C17H19Cl2N3S/c1-3-12-6-5-9-20-16(12)22-17(23)21-10-11(2)15-13(18)7-4-8-14(15)19/h4-9,11H,3,10H2,1-2H3,(H2,20,21,22,23). The molecule has 6 heteroatoms. The van der Waals surface area contributed by atoms with Gasteiger partial charge in [-0.25, -0.2) is 4.98 Å². The Balaban J connectivity index is 1.96. The van der Waals surface area contributed by atoms with Gasteiger partial charge in [0.2, 0.25) is 0 Å². The van der Waals surface area contributed by atoms with Gasteiger partial charge in [-0.15, -0.1) is 0 Å². The monoisotopic (exact) mass is 367 g/mol. The molecule has 0 aliphatic rings. The summed E-state index contributed by atoms with van der Waals surface area (Å²) in [4.78, 5) is 4.32. The molecular weight excluding hydrogens is 349 g/mol. The van der Waals surface area contributed by atoms with Crippen LogP contribution in [0.3, 0.4) is 0 Å². The van der Waals surface area contributed by atoms with E-state index in [1.165, 1.54) is 0 Å². The Bertz CT molecular complexity index is 671. The molecule has 0 aliphatic carbocycles. The molecule has 122 valence electrons. The van der Waals surface area contributed by atoms with Crippen LogP contribution in [0.2, 0.25) is 10.0 Å². The average molecular weight is 368 g/mol. The Morgan fingerprint density at radius 3 is 2.57 bits per heavy atom. The van der Waals surface area contributed by atoms with E-state index in [0.717, 1.165) is 23.4 Å². The molecule has 0 amide bonds. The number of anilines is 1. The van der Waals surface area contributed by atoms with Crippen molar-refractivity contribution in [3.05, 3.63) is 57.7 Å². The van der Waals surface area contributed by atoms with Gasteiger partial charge in [0.15, 0.2) is 5.11 Å². The van der Waals surface area contributed by atoms with Crippen LogP contribution >= 0.6 is 35.4 Å². The SMILES string of the molecule is CCc1cccnc1NC(=S)NCC(C)c1c(Cl)cccc1Cl. The van der Waals surface area contributed by atoms with Gasteiger partial charge in [-0.1, -0.05) is 49.2 Å². The van der Waals surface area contributed by atoms with Crippen molar-refractivity contribution in [3.63, 3.8) is 0 Å². The topological polar surface area (TPSA) is 37.0 Å². The number of pyridine rings is 1. The molecule has 1 unspecified atom stereocenters. The van der Waals surface area contributed by atoms with Crippen LogP contribution in [0.5, 0.6) is 0 Å². The summed E-state index contributed by atoms with van der Waals surface area (Å²) in [7, 11) is 0. The predicted octanol–water partition coefficient (Wildman–Crippen LogP) is 5.04. The molecule has 0 bridgehead atoms. The van der Waals surface area contributed by atoms with Crippen molar-refractivity contribution in [2.75, 3.05) is 11.9 Å². The number of halogens is 2. The third-order valence-electron chi connectivity index (χ3n) is 3.57. The second-order valence-electron chi connectivity index (χ2n) is 5.24. The highest BCUT2D eigenvalue weighted by atomic mass is 35.5. The van der Waals surface area contributed by atoms with E-state index in [-0.39, 0.29) is 5.92 Å². The number of nitrogens with zero attached hydrogens (tertiary/aromatic N) is 1. The maximum atomic E-state index is 6.24. The molecule has 2 aromatic rings. The molecule has 1 atom stereocenters. The highest BCUT2D eigenvalue weighted by molar-refractivity contribution is 7.80. The molecule has 0 radical (unpaired) electrons. The lowest BCUT2D eigenvalue weighted by Crippen LogP contribution is -2.32. The first kappa shape index (κ1) is 18.0. The van der Waals surface area contributed by atoms with Crippen LogP contribution in [0.15, 0.2) is 36.5 Å². The minimum Gasteiger partial charge on any atom is -0.362 e. The molecule has 0 spiro atoms. The number of thiocarbonyl (C=S) groups is 1. The zero-order valence-corrected chi connectivity index (χ0v) is 15.4. The van der Waals surface area contributed by atoms with E-state index in [1.807, 2.05) is 30.3 Å². The maximum Gasteiger partial charge on any atom is 0.171 e. The Kier molecular flexibility index (Phi) is 6.63. The lowest BCUT2D eigenvalue weighted by Gasteiger charge is -2.18. The minimum atomic E-state index is 0.130. The van der Waals surface area contributed by atoms with E-state index in [0.29, 0.717) is 21.7 Å². The Labute approximate surface area is 152 Å². The molecular formula is C17H19Cl2N3S.